The highest BCUT2D eigenvalue weighted by molar-refractivity contribution is 6.06. The number of hydrogen-bond donors (Lipinski definition) is 2. The monoisotopic (exact) mass is 413 g/mol. The quantitative estimate of drug-likeness (QED) is 0.395. The molecule has 7 nitrogen and oxygen atoms in total. The highest BCUT2D eigenvalue weighted by atomic mass is 16.5. The molecule has 0 fully saturated rings. The van der Waals surface area contributed by atoms with Crippen LogP contribution in [0, 0.1) is 0 Å². The van der Waals surface area contributed by atoms with E-state index in [0.29, 0.717) is 22.2 Å². The van der Waals surface area contributed by atoms with E-state index in [0.717, 1.165) is 16.3 Å². The van der Waals surface area contributed by atoms with Crippen LogP contribution >= 0.6 is 0 Å². The summed E-state index contributed by atoms with van der Waals surface area (Å²) in [6.45, 7) is 0.726. The second-order valence-electron chi connectivity index (χ2n) is 6.90. The van der Waals surface area contributed by atoms with E-state index in [9.17, 15) is 14.4 Å². The maximum atomic E-state index is 12.8. The van der Waals surface area contributed by atoms with Crippen molar-refractivity contribution in [2.24, 2.45) is 0 Å². The molecular weight excluding hydrogens is 394 g/mol. The molecule has 0 aliphatic rings. The van der Waals surface area contributed by atoms with Crippen LogP contribution in [0.5, 0.6) is 0 Å². The number of hydrogen-bond acceptors (Lipinski definition) is 5. The molecule has 1 heterocycles. The minimum atomic E-state index is -0.655. The summed E-state index contributed by atoms with van der Waals surface area (Å²) in [5.74, 6) is -1.73. The summed E-state index contributed by atoms with van der Waals surface area (Å²) < 4.78 is 5.18. The first-order valence-electron chi connectivity index (χ1n) is 9.63. The molecule has 0 saturated heterocycles. The normalized spacial score (nSPS) is 10.6. The minimum Gasteiger partial charge on any atom is -0.452 e. The van der Waals surface area contributed by atoms with Gasteiger partial charge in [0.15, 0.2) is 6.61 Å². The van der Waals surface area contributed by atoms with Crippen LogP contribution in [0.2, 0.25) is 0 Å². The van der Waals surface area contributed by atoms with Gasteiger partial charge in [0, 0.05) is 17.9 Å². The first-order chi connectivity index (χ1) is 15.0. The summed E-state index contributed by atoms with van der Waals surface area (Å²) in [6, 6.07) is 22.8. The Morgan fingerprint density at radius 2 is 1.58 bits per heavy atom. The number of esters is 1. The molecule has 0 aliphatic carbocycles. The third-order valence-corrected chi connectivity index (χ3v) is 4.71. The van der Waals surface area contributed by atoms with Gasteiger partial charge in [0.1, 0.15) is 0 Å². The molecule has 0 aliphatic heterocycles. The van der Waals surface area contributed by atoms with Crippen molar-refractivity contribution in [3.63, 3.8) is 0 Å². The number of aromatic nitrogens is 1. The zero-order chi connectivity index (χ0) is 21.8. The summed E-state index contributed by atoms with van der Waals surface area (Å²) in [5, 5.41) is 2.70. The molecule has 3 aromatic carbocycles. The summed E-state index contributed by atoms with van der Waals surface area (Å²) in [7, 11) is 0. The van der Waals surface area contributed by atoms with E-state index >= 15 is 0 Å². The van der Waals surface area contributed by atoms with Gasteiger partial charge < -0.3 is 4.74 Å². The van der Waals surface area contributed by atoms with Gasteiger partial charge in [-0.25, -0.2) is 9.78 Å². The summed E-state index contributed by atoms with van der Waals surface area (Å²) in [5.41, 5.74) is 6.77. The molecule has 0 atom stereocenters. The van der Waals surface area contributed by atoms with Gasteiger partial charge in [0.25, 0.3) is 5.91 Å². The average Bonchev–Trinajstić information content (AvgIpc) is 2.80. The lowest BCUT2D eigenvalue weighted by Crippen LogP contribution is -2.42. The van der Waals surface area contributed by atoms with Crippen molar-refractivity contribution < 1.29 is 19.1 Å². The number of fused-ring (bicyclic) bond motifs is 2. The highest BCUT2D eigenvalue weighted by Crippen LogP contribution is 2.30. The van der Waals surface area contributed by atoms with Crippen molar-refractivity contribution in [3.05, 3.63) is 78.4 Å². The Labute approximate surface area is 178 Å². The zero-order valence-corrected chi connectivity index (χ0v) is 16.7. The molecule has 4 aromatic rings. The maximum absolute atomic E-state index is 12.8. The second kappa shape index (κ2) is 8.62. The first-order valence-corrected chi connectivity index (χ1v) is 9.63. The molecule has 0 radical (unpaired) electrons. The van der Waals surface area contributed by atoms with Gasteiger partial charge in [-0.1, -0.05) is 60.7 Å². The molecule has 154 valence electrons. The van der Waals surface area contributed by atoms with E-state index < -0.39 is 24.4 Å². The van der Waals surface area contributed by atoms with Crippen LogP contribution in [0.25, 0.3) is 32.9 Å². The number of rotatable bonds is 4. The van der Waals surface area contributed by atoms with E-state index in [1.807, 2.05) is 60.7 Å². The van der Waals surface area contributed by atoms with Crippen LogP contribution in [0.1, 0.15) is 17.3 Å². The van der Waals surface area contributed by atoms with Gasteiger partial charge in [-0.3, -0.25) is 20.4 Å². The molecule has 4 rings (SSSR count). The molecule has 0 spiro atoms. The van der Waals surface area contributed by atoms with Gasteiger partial charge in [-0.2, -0.15) is 0 Å². The number of nitrogens with one attached hydrogen (secondary N) is 2. The lowest BCUT2D eigenvalue weighted by Gasteiger charge is -2.12. The number of hydrazine groups is 1. The smallest absolute Gasteiger partial charge is 0.339 e. The fourth-order valence-corrected chi connectivity index (χ4v) is 3.33. The molecule has 31 heavy (non-hydrogen) atoms. The number of carbonyl (C=O) groups excluding carboxylic acids is 3. The fraction of sp³-hybridized carbons (Fsp3) is 0.0833. The Morgan fingerprint density at radius 1 is 0.871 bits per heavy atom. The van der Waals surface area contributed by atoms with Gasteiger partial charge in [-0.15, -0.1) is 0 Å². The van der Waals surface area contributed by atoms with Crippen molar-refractivity contribution in [1.82, 2.24) is 15.8 Å². The largest absolute Gasteiger partial charge is 0.452 e. The van der Waals surface area contributed by atoms with Crippen LogP contribution < -0.4 is 10.9 Å². The number of para-hydroxylation sites is 1. The van der Waals surface area contributed by atoms with Crippen LogP contribution in [-0.4, -0.2) is 29.4 Å². The topological polar surface area (TPSA) is 97.4 Å². The third kappa shape index (κ3) is 4.35. The fourth-order valence-electron chi connectivity index (χ4n) is 3.33. The van der Waals surface area contributed by atoms with E-state index in [2.05, 4.69) is 10.9 Å². The number of carbonyl (C=O) groups is 3. The Hall–Kier alpha value is -4.26. The Bertz CT molecular complexity index is 1310. The number of benzene rings is 3. The van der Waals surface area contributed by atoms with Crippen molar-refractivity contribution >= 4 is 39.5 Å². The second-order valence-corrected chi connectivity index (χ2v) is 6.90. The standard InChI is InChI=1S/C24H19N3O4/c1-15(28)26-27-23(29)14-31-24(30)20-13-22(25-21-12-5-4-10-19(20)21)18-11-6-8-16-7-2-3-9-17(16)18/h2-13H,14H2,1H3,(H,26,28)(H,27,29). The number of pyridine rings is 1. The van der Waals surface area contributed by atoms with Gasteiger partial charge >= 0.3 is 5.97 Å². The number of ether oxygens (including phenoxy) is 1. The molecule has 0 saturated carbocycles. The molecule has 1 aromatic heterocycles. The zero-order valence-electron chi connectivity index (χ0n) is 16.7. The molecule has 2 N–H and O–H groups in total. The molecule has 2 amide bonds. The molecule has 0 unspecified atom stereocenters. The predicted octanol–water partition coefficient (Wildman–Crippen LogP) is 3.38. The lowest BCUT2D eigenvalue weighted by atomic mass is 9.99. The van der Waals surface area contributed by atoms with Crippen LogP contribution in [0.3, 0.4) is 0 Å². The number of nitrogens with zero attached hydrogens (tertiary/aromatic N) is 1. The van der Waals surface area contributed by atoms with E-state index in [4.69, 9.17) is 9.72 Å². The maximum Gasteiger partial charge on any atom is 0.339 e. The Balaban J connectivity index is 1.71. The van der Waals surface area contributed by atoms with E-state index in [1.54, 1.807) is 12.1 Å². The summed E-state index contributed by atoms with van der Waals surface area (Å²) in [6.07, 6.45) is 0. The average molecular weight is 413 g/mol. The Kier molecular flexibility index (Phi) is 5.57. The molecule has 7 heteroatoms. The van der Waals surface area contributed by atoms with Crippen molar-refractivity contribution in [1.29, 1.82) is 0 Å². The third-order valence-electron chi connectivity index (χ3n) is 4.71. The minimum absolute atomic E-state index is 0.306. The van der Waals surface area contributed by atoms with Crippen molar-refractivity contribution in [3.8, 4) is 11.3 Å². The lowest BCUT2D eigenvalue weighted by molar-refractivity contribution is -0.129. The van der Waals surface area contributed by atoms with Gasteiger partial charge in [0.2, 0.25) is 5.91 Å². The van der Waals surface area contributed by atoms with Gasteiger partial charge in [-0.05, 0) is 22.9 Å². The van der Waals surface area contributed by atoms with Crippen LogP contribution in [0.15, 0.2) is 72.8 Å². The SMILES string of the molecule is CC(=O)NNC(=O)COC(=O)c1cc(-c2cccc3ccccc23)nc2ccccc12. The number of amides is 2. The predicted molar refractivity (Wildman–Crippen MR) is 117 cm³/mol. The van der Waals surface area contributed by atoms with Crippen molar-refractivity contribution in [2.75, 3.05) is 6.61 Å². The molecule has 0 bridgehead atoms. The van der Waals surface area contributed by atoms with Crippen LogP contribution in [-0.2, 0) is 14.3 Å². The molecular formula is C24H19N3O4. The Morgan fingerprint density at radius 3 is 2.39 bits per heavy atom. The first kappa shape index (κ1) is 20.0. The van der Waals surface area contributed by atoms with Gasteiger partial charge in [0.05, 0.1) is 16.8 Å². The summed E-state index contributed by atoms with van der Waals surface area (Å²) in [4.78, 5) is 40.2. The van der Waals surface area contributed by atoms with E-state index in [1.165, 1.54) is 6.92 Å². The summed E-state index contributed by atoms with van der Waals surface area (Å²) >= 11 is 0. The van der Waals surface area contributed by atoms with Crippen LogP contribution in [0.4, 0.5) is 0 Å². The van der Waals surface area contributed by atoms with Crippen molar-refractivity contribution in [2.45, 2.75) is 6.92 Å². The highest BCUT2D eigenvalue weighted by Gasteiger charge is 2.17. The van der Waals surface area contributed by atoms with E-state index in [-0.39, 0.29) is 0 Å².